The Hall–Kier alpha value is -3.50. The number of hydrogen-bond acceptors (Lipinski definition) is 4. The van der Waals surface area contributed by atoms with Gasteiger partial charge in [-0.3, -0.25) is 4.79 Å². The summed E-state index contributed by atoms with van der Waals surface area (Å²) in [6.07, 6.45) is 5.61. The van der Waals surface area contributed by atoms with E-state index in [0.717, 1.165) is 5.56 Å². The van der Waals surface area contributed by atoms with Crippen molar-refractivity contribution >= 4 is 11.9 Å². The van der Waals surface area contributed by atoms with Crippen molar-refractivity contribution in [2.45, 2.75) is 31.5 Å². The number of likely N-dealkylation sites (tertiary alicyclic amines) is 1. The van der Waals surface area contributed by atoms with Gasteiger partial charge in [0, 0.05) is 25.2 Å². The third-order valence-corrected chi connectivity index (χ3v) is 5.14. The number of aliphatic hydroxyl groups excluding tert-OH is 1. The van der Waals surface area contributed by atoms with Crippen molar-refractivity contribution < 1.29 is 19.4 Å². The van der Waals surface area contributed by atoms with Gasteiger partial charge >= 0.3 is 6.03 Å². The first-order valence-electron chi connectivity index (χ1n) is 10.3. The van der Waals surface area contributed by atoms with Gasteiger partial charge in [0.1, 0.15) is 12.4 Å². The highest BCUT2D eigenvalue weighted by Gasteiger charge is 2.29. The number of rotatable bonds is 6. The molecule has 7 heteroatoms. The number of amides is 3. The largest absolute Gasteiger partial charge is 0.481 e. The first-order chi connectivity index (χ1) is 15.1. The molecule has 2 aromatic carbocycles. The van der Waals surface area contributed by atoms with Gasteiger partial charge in [-0.25, -0.2) is 4.79 Å². The van der Waals surface area contributed by atoms with Crippen LogP contribution in [0.2, 0.25) is 0 Å². The number of nitrogens with one attached hydrogen (secondary N) is 2. The second-order valence-electron chi connectivity index (χ2n) is 7.40. The maximum atomic E-state index is 12.7. The minimum atomic E-state index is -0.728. The fourth-order valence-corrected chi connectivity index (χ4v) is 3.43. The number of terminal acetylenes is 1. The van der Waals surface area contributed by atoms with Crippen molar-refractivity contribution in [3.63, 3.8) is 0 Å². The Labute approximate surface area is 182 Å². The molecule has 7 nitrogen and oxygen atoms in total. The summed E-state index contributed by atoms with van der Waals surface area (Å²) in [7, 11) is 0. The van der Waals surface area contributed by atoms with E-state index in [1.807, 2.05) is 30.3 Å². The Bertz CT molecular complexity index is 909. The number of carbonyl (C=O) groups excluding carboxylic acids is 2. The smallest absolute Gasteiger partial charge is 0.317 e. The fourth-order valence-electron chi connectivity index (χ4n) is 3.43. The zero-order valence-corrected chi connectivity index (χ0v) is 17.3. The third-order valence-electron chi connectivity index (χ3n) is 5.14. The molecule has 1 heterocycles. The van der Waals surface area contributed by atoms with Crippen LogP contribution in [0.4, 0.5) is 4.79 Å². The summed E-state index contributed by atoms with van der Waals surface area (Å²) in [5.74, 6) is 2.64. The molecule has 1 fully saturated rings. The zero-order valence-electron chi connectivity index (χ0n) is 17.3. The van der Waals surface area contributed by atoms with E-state index in [4.69, 9.17) is 11.2 Å². The molecule has 0 radical (unpaired) electrons. The average molecular weight is 421 g/mol. The Morgan fingerprint density at radius 3 is 2.61 bits per heavy atom. The van der Waals surface area contributed by atoms with Crippen LogP contribution in [0.15, 0.2) is 54.6 Å². The molecule has 0 aliphatic carbocycles. The van der Waals surface area contributed by atoms with Crippen molar-refractivity contribution in [2.75, 3.05) is 19.7 Å². The number of nitrogens with zero attached hydrogens (tertiary/aromatic N) is 1. The number of urea groups is 1. The minimum absolute atomic E-state index is 0.155. The summed E-state index contributed by atoms with van der Waals surface area (Å²) >= 11 is 0. The topological polar surface area (TPSA) is 90.9 Å². The van der Waals surface area contributed by atoms with Crippen LogP contribution >= 0.6 is 0 Å². The molecule has 1 aliphatic heterocycles. The van der Waals surface area contributed by atoms with Crippen LogP contribution in [0.3, 0.4) is 0 Å². The van der Waals surface area contributed by atoms with Gasteiger partial charge in [0.25, 0.3) is 5.91 Å². The lowest BCUT2D eigenvalue weighted by Crippen LogP contribution is -2.51. The van der Waals surface area contributed by atoms with Gasteiger partial charge in [-0.1, -0.05) is 36.3 Å². The molecule has 0 aromatic heterocycles. The first-order valence-corrected chi connectivity index (χ1v) is 10.3. The SMILES string of the molecule is C#CCOc1ccc(C(=O)N[C@H]2CN(C(=O)NCc3ccccc3)CCC[C@H]2O)cc1. The number of carbonyl (C=O) groups is 2. The van der Waals surface area contributed by atoms with Gasteiger partial charge in [0.2, 0.25) is 0 Å². The van der Waals surface area contributed by atoms with Crippen LogP contribution in [0.5, 0.6) is 5.75 Å². The highest BCUT2D eigenvalue weighted by atomic mass is 16.5. The molecule has 0 bridgehead atoms. The van der Waals surface area contributed by atoms with Crippen molar-refractivity contribution in [1.29, 1.82) is 0 Å². The highest BCUT2D eigenvalue weighted by molar-refractivity contribution is 5.94. The highest BCUT2D eigenvalue weighted by Crippen LogP contribution is 2.15. The molecular weight excluding hydrogens is 394 g/mol. The van der Waals surface area contributed by atoms with E-state index in [9.17, 15) is 14.7 Å². The van der Waals surface area contributed by atoms with Crippen LogP contribution < -0.4 is 15.4 Å². The van der Waals surface area contributed by atoms with E-state index in [1.165, 1.54) is 0 Å². The third kappa shape index (κ3) is 6.49. The van der Waals surface area contributed by atoms with Gasteiger partial charge in [-0.2, -0.15) is 0 Å². The minimum Gasteiger partial charge on any atom is -0.481 e. The molecule has 2 atom stereocenters. The van der Waals surface area contributed by atoms with Crippen LogP contribution in [0.1, 0.15) is 28.8 Å². The van der Waals surface area contributed by atoms with Crippen LogP contribution in [0, 0.1) is 12.3 Å². The molecule has 3 amide bonds. The predicted octanol–water partition coefficient (Wildman–Crippen LogP) is 2.16. The zero-order chi connectivity index (χ0) is 22.1. The lowest BCUT2D eigenvalue weighted by atomic mass is 10.1. The van der Waals surface area contributed by atoms with Crippen LogP contribution in [0.25, 0.3) is 0 Å². The molecule has 162 valence electrons. The molecule has 31 heavy (non-hydrogen) atoms. The van der Waals surface area contributed by atoms with E-state index >= 15 is 0 Å². The molecule has 1 saturated heterocycles. The maximum absolute atomic E-state index is 12.7. The lowest BCUT2D eigenvalue weighted by molar-refractivity contribution is 0.0809. The molecule has 0 unspecified atom stereocenters. The van der Waals surface area contributed by atoms with Crippen LogP contribution in [-0.4, -0.2) is 53.8 Å². The van der Waals surface area contributed by atoms with Crippen molar-refractivity contribution in [2.24, 2.45) is 0 Å². The number of benzene rings is 2. The second-order valence-corrected chi connectivity index (χ2v) is 7.40. The predicted molar refractivity (Wildman–Crippen MR) is 118 cm³/mol. The Morgan fingerprint density at radius 1 is 1.16 bits per heavy atom. The van der Waals surface area contributed by atoms with Gasteiger partial charge in [0.05, 0.1) is 12.1 Å². The standard InChI is InChI=1S/C24H27N3O4/c1-2-15-31-20-12-10-19(11-13-20)23(29)26-21-17-27(14-6-9-22(21)28)24(30)25-16-18-7-4-3-5-8-18/h1,3-5,7-8,10-13,21-22,28H,6,9,14-17H2,(H,25,30)(H,26,29)/t21-,22+/m0/s1. The normalized spacial score (nSPS) is 18.4. The molecular formula is C24H27N3O4. The number of aliphatic hydroxyl groups is 1. The van der Waals surface area contributed by atoms with E-state index in [-0.39, 0.29) is 25.1 Å². The fraction of sp³-hybridized carbons (Fsp3) is 0.333. The monoisotopic (exact) mass is 421 g/mol. The lowest BCUT2D eigenvalue weighted by Gasteiger charge is -2.27. The average Bonchev–Trinajstić information content (AvgIpc) is 2.98. The maximum Gasteiger partial charge on any atom is 0.317 e. The van der Waals surface area contributed by atoms with Crippen LogP contribution in [-0.2, 0) is 6.54 Å². The molecule has 3 N–H and O–H groups in total. The summed E-state index contributed by atoms with van der Waals surface area (Å²) in [5, 5.41) is 16.2. The first kappa shape index (κ1) is 22.2. The van der Waals surface area contributed by atoms with Gasteiger partial charge in [0.15, 0.2) is 0 Å². The molecule has 2 aromatic rings. The molecule has 0 saturated carbocycles. The summed E-state index contributed by atoms with van der Waals surface area (Å²) in [6, 6.07) is 15.5. The van der Waals surface area contributed by atoms with E-state index in [2.05, 4.69) is 16.6 Å². The molecule has 0 spiro atoms. The molecule has 1 aliphatic rings. The van der Waals surface area contributed by atoms with Crippen molar-refractivity contribution in [1.82, 2.24) is 15.5 Å². The Morgan fingerprint density at radius 2 is 1.90 bits per heavy atom. The van der Waals surface area contributed by atoms with Gasteiger partial charge in [-0.15, -0.1) is 6.42 Å². The van der Waals surface area contributed by atoms with Gasteiger partial charge in [-0.05, 0) is 42.7 Å². The van der Waals surface area contributed by atoms with E-state index in [1.54, 1.807) is 29.2 Å². The van der Waals surface area contributed by atoms with Crippen molar-refractivity contribution in [3.05, 3.63) is 65.7 Å². The summed E-state index contributed by atoms with van der Waals surface area (Å²) in [6.45, 7) is 1.33. The van der Waals surface area contributed by atoms with E-state index in [0.29, 0.717) is 37.2 Å². The Kier molecular flexibility index (Phi) is 7.91. The molecule has 3 rings (SSSR count). The van der Waals surface area contributed by atoms with E-state index < -0.39 is 12.1 Å². The summed E-state index contributed by atoms with van der Waals surface area (Å²) in [5.41, 5.74) is 1.44. The Balaban J connectivity index is 1.58. The van der Waals surface area contributed by atoms with Crippen molar-refractivity contribution in [3.8, 4) is 18.1 Å². The number of ether oxygens (including phenoxy) is 1. The second kappa shape index (κ2) is 11.0. The van der Waals surface area contributed by atoms with Gasteiger partial charge < -0.3 is 25.4 Å². The quantitative estimate of drug-likeness (QED) is 0.624. The number of hydrogen-bond donors (Lipinski definition) is 3. The summed E-state index contributed by atoms with van der Waals surface area (Å²) < 4.78 is 5.31. The summed E-state index contributed by atoms with van der Waals surface area (Å²) in [4.78, 5) is 27.0.